The van der Waals surface area contributed by atoms with Crippen LogP contribution < -0.4 is 10.2 Å². The highest BCUT2D eigenvalue weighted by atomic mass is 16.1. The molecular formula is C14H12N2O2. The van der Waals surface area contributed by atoms with Crippen molar-refractivity contribution in [3.05, 3.63) is 54.6 Å². The number of carbonyl (C=O) groups is 2. The molecule has 18 heavy (non-hydrogen) atoms. The first-order valence-electron chi connectivity index (χ1n) is 5.45. The maximum atomic E-state index is 11.3. The van der Waals surface area contributed by atoms with E-state index in [0.717, 1.165) is 12.1 Å². The molecule has 4 heteroatoms. The molecule has 0 heterocycles. The van der Waals surface area contributed by atoms with Crippen LogP contribution in [0, 0.1) is 0 Å². The molecule has 0 aliphatic carbocycles. The van der Waals surface area contributed by atoms with Crippen molar-refractivity contribution in [2.75, 3.05) is 10.2 Å². The van der Waals surface area contributed by atoms with E-state index in [0.29, 0.717) is 17.8 Å². The molecule has 1 N–H and O–H groups in total. The van der Waals surface area contributed by atoms with E-state index in [-0.39, 0.29) is 0 Å². The first-order chi connectivity index (χ1) is 8.86. The second-order valence-electron chi connectivity index (χ2n) is 3.59. The Bertz CT molecular complexity index is 541. The van der Waals surface area contributed by atoms with Gasteiger partial charge in [-0.05, 0) is 24.3 Å². The molecule has 0 aromatic heterocycles. The topological polar surface area (TPSA) is 49.4 Å². The van der Waals surface area contributed by atoms with Crippen molar-refractivity contribution in [3.8, 4) is 0 Å². The fourth-order valence-electron chi connectivity index (χ4n) is 1.71. The summed E-state index contributed by atoms with van der Waals surface area (Å²) >= 11 is 0. The van der Waals surface area contributed by atoms with Gasteiger partial charge in [0, 0.05) is 5.69 Å². The fraction of sp³-hybridized carbons (Fsp3) is 0. The van der Waals surface area contributed by atoms with E-state index in [1.54, 1.807) is 18.2 Å². The summed E-state index contributed by atoms with van der Waals surface area (Å²) in [5.74, 6) is 0. The molecule has 2 aromatic rings. The van der Waals surface area contributed by atoms with Crippen LogP contribution in [0.3, 0.4) is 0 Å². The predicted molar refractivity (Wildman–Crippen MR) is 70.8 cm³/mol. The summed E-state index contributed by atoms with van der Waals surface area (Å²) in [6.07, 6.45) is 1.31. The Morgan fingerprint density at radius 1 is 0.889 bits per heavy atom. The van der Waals surface area contributed by atoms with Crippen molar-refractivity contribution in [2.45, 2.75) is 0 Å². The van der Waals surface area contributed by atoms with Crippen molar-refractivity contribution < 1.29 is 9.59 Å². The van der Waals surface area contributed by atoms with Gasteiger partial charge in [0.2, 0.25) is 12.8 Å². The zero-order chi connectivity index (χ0) is 12.8. The van der Waals surface area contributed by atoms with E-state index >= 15 is 0 Å². The van der Waals surface area contributed by atoms with Gasteiger partial charge in [0.15, 0.2) is 0 Å². The molecular weight excluding hydrogens is 228 g/mol. The Morgan fingerprint density at radius 3 is 2.22 bits per heavy atom. The predicted octanol–water partition coefficient (Wildman–Crippen LogP) is 2.55. The van der Waals surface area contributed by atoms with Crippen molar-refractivity contribution in [2.24, 2.45) is 0 Å². The van der Waals surface area contributed by atoms with Gasteiger partial charge >= 0.3 is 0 Å². The molecule has 2 aromatic carbocycles. The van der Waals surface area contributed by atoms with Gasteiger partial charge in [-0.2, -0.15) is 0 Å². The molecule has 0 saturated heterocycles. The van der Waals surface area contributed by atoms with Gasteiger partial charge in [-0.15, -0.1) is 0 Å². The lowest BCUT2D eigenvalue weighted by molar-refractivity contribution is -0.107. The summed E-state index contributed by atoms with van der Waals surface area (Å²) in [5, 5.41) is 2.58. The van der Waals surface area contributed by atoms with Gasteiger partial charge in [0.1, 0.15) is 0 Å². The summed E-state index contributed by atoms with van der Waals surface area (Å²) in [5.41, 5.74) is 1.96. The monoisotopic (exact) mass is 240 g/mol. The molecule has 0 unspecified atom stereocenters. The standard InChI is InChI=1S/C14H12N2O2/c17-10-15-13-8-4-5-9-14(13)16(11-18)12-6-2-1-3-7-12/h1-11H,(H,15,17). The van der Waals surface area contributed by atoms with Crippen LogP contribution in [0.25, 0.3) is 0 Å². The summed E-state index contributed by atoms with van der Waals surface area (Å²) in [7, 11) is 0. The number of rotatable bonds is 5. The fourth-order valence-corrected chi connectivity index (χ4v) is 1.71. The second-order valence-corrected chi connectivity index (χ2v) is 3.59. The molecule has 0 spiro atoms. The first-order valence-corrected chi connectivity index (χ1v) is 5.45. The van der Waals surface area contributed by atoms with Gasteiger partial charge in [-0.3, -0.25) is 14.5 Å². The lowest BCUT2D eigenvalue weighted by Gasteiger charge is -2.20. The molecule has 0 fully saturated rings. The second kappa shape index (κ2) is 5.63. The van der Waals surface area contributed by atoms with Crippen LogP contribution in [0.1, 0.15) is 0 Å². The van der Waals surface area contributed by atoms with Gasteiger partial charge in [-0.25, -0.2) is 0 Å². The van der Waals surface area contributed by atoms with Gasteiger partial charge < -0.3 is 5.32 Å². The molecule has 0 radical (unpaired) electrons. The molecule has 0 aliphatic rings. The van der Waals surface area contributed by atoms with E-state index < -0.39 is 0 Å². The smallest absolute Gasteiger partial charge is 0.218 e. The summed E-state index contributed by atoms with van der Waals surface area (Å²) in [4.78, 5) is 23.3. The molecule has 4 nitrogen and oxygen atoms in total. The third-order valence-corrected chi connectivity index (χ3v) is 2.52. The summed E-state index contributed by atoms with van der Waals surface area (Å²) in [6, 6.07) is 16.3. The Labute approximate surface area is 105 Å². The third kappa shape index (κ3) is 2.38. The van der Waals surface area contributed by atoms with Crippen LogP contribution in [0.15, 0.2) is 54.6 Å². The van der Waals surface area contributed by atoms with E-state index in [1.165, 1.54) is 4.90 Å². The third-order valence-electron chi connectivity index (χ3n) is 2.52. The quantitative estimate of drug-likeness (QED) is 0.816. The number of hydrogen-bond donors (Lipinski definition) is 1. The number of nitrogens with one attached hydrogen (secondary N) is 1. The van der Waals surface area contributed by atoms with Gasteiger partial charge in [0.25, 0.3) is 0 Å². The minimum absolute atomic E-state index is 0.587. The van der Waals surface area contributed by atoms with Crippen LogP contribution in [-0.4, -0.2) is 12.8 Å². The van der Waals surface area contributed by atoms with Gasteiger partial charge in [-0.1, -0.05) is 30.3 Å². The lowest BCUT2D eigenvalue weighted by atomic mass is 10.2. The van der Waals surface area contributed by atoms with Crippen molar-refractivity contribution in [1.82, 2.24) is 0 Å². The molecule has 90 valence electrons. The lowest BCUT2D eigenvalue weighted by Crippen LogP contribution is -2.15. The molecule has 0 bridgehead atoms. The largest absolute Gasteiger partial charge is 0.327 e. The van der Waals surface area contributed by atoms with Crippen LogP contribution >= 0.6 is 0 Å². The number of para-hydroxylation sites is 3. The highest BCUT2D eigenvalue weighted by molar-refractivity contribution is 5.94. The van der Waals surface area contributed by atoms with Crippen molar-refractivity contribution >= 4 is 29.9 Å². The molecule has 0 aliphatic heterocycles. The average molecular weight is 240 g/mol. The molecule has 0 saturated carbocycles. The minimum atomic E-state index is 0.587. The summed E-state index contributed by atoms with van der Waals surface area (Å²) < 4.78 is 0. The van der Waals surface area contributed by atoms with Crippen LogP contribution in [0.4, 0.5) is 17.1 Å². The number of anilines is 3. The van der Waals surface area contributed by atoms with Crippen LogP contribution in [0.2, 0.25) is 0 Å². The Hall–Kier alpha value is -2.62. The summed E-state index contributed by atoms with van der Waals surface area (Å²) in [6.45, 7) is 0. The average Bonchev–Trinajstić information content (AvgIpc) is 2.43. The van der Waals surface area contributed by atoms with Crippen molar-refractivity contribution in [1.29, 1.82) is 0 Å². The Balaban J connectivity index is 2.45. The molecule has 2 amide bonds. The first kappa shape index (κ1) is 11.9. The Kier molecular flexibility index (Phi) is 3.71. The highest BCUT2D eigenvalue weighted by Gasteiger charge is 2.11. The normalized spacial score (nSPS) is 9.56. The maximum absolute atomic E-state index is 11.3. The number of amides is 2. The van der Waals surface area contributed by atoms with E-state index in [1.807, 2.05) is 36.4 Å². The Morgan fingerprint density at radius 2 is 1.56 bits per heavy atom. The number of nitrogens with zero attached hydrogens (tertiary/aromatic N) is 1. The SMILES string of the molecule is O=CNc1ccccc1N(C=O)c1ccccc1. The maximum Gasteiger partial charge on any atom is 0.218 e. The number of hydrogen-bond acceptors (Lipinski definition) is 2. The van der Waals surface area contributed by atoms with Gasteiger partial charge in [0.05, 0.1) is 11.4 Å². The number of benzene rings is 2. The van der Waals surface area contributed by atoms with Crippen molar-refractivity contribution in [3.63, 3.8) is 0 Å². The number of carbonyl (C=O) groups excluding carboxylic acids is 2. The zero-order valence-electron chi connectivity index (χ0n) is 9.61. The van der Waals surface area contributed by atoms with Crippen LogP contribution in [-0.2, 0) is 9.59 Å². The molecule has 2 rings (SSSR count). The molecule has 0 atom stereocenters. The zero-order valence-corrected chi connectivity index (χ0v) is 9.61. The van der Waals surface area contributed by atoms with Crippen LogP contribution in [0.5, 0.6) is 0 Å². The van der Waals surface area contributed by atoms with E-state index in [2.05, 4.69) is 5.32 Å². The van der Waals surface area contributed by atoms with E-state index in [4.69, 9.17) is 0 Å². The highest BCUT2D eigenvalue weighted by Crippen LogP contribution is 2.30. The minimum Gasteiger partial charge on any atom is -0.327 e. The van der Waals surface area contributed by atoms with E-state index in [9.17, 15) is 9.59 Å².